The Morgan fingerprint density at radius 3 is 1.90 bits per heavy atom. The summed E-state index contributed by atoms with van der Waals surface area (Å²) in [6, 6.07) is 36.1. The van der Waals surface area contributed by atoms with Crippen LogP contribution in [0.25, 0.3) is 0 Å². The molecule has 0 aliphatic carbocycles. The topological polar surface area (TPSA) is 48.4 Å². The van der Waals surface area contributed by atoms with Gasteiger partial charge in [0.05, 0.1) is 23.7 Å². The highest BCUT2D eigenvalue weighted by atomic mass is 35.6. The quantitative estimate of drug-likeness (QED) is 0.174. The molecule has 1 amide bonds. The van der Waals surface area contributed by atoms with Gasteiger partial charge in [0.25, 0.3) is 5.91 Å². The average Bonchev–Trinajstić information content (AvgIpc) is 3.53. The largest absolute Gasteiger partial charge is 0.497 e. The number of hydrogen-bond acceptors (Lipinski definition) is 5. The molecule has 4 aromatic rings. The van der Waals surface area contributed by atoms with Gasteiger partial charge in [-0.3, -0.25) is 14.0 Å². The van der Waals surface area contributed by atoms with Crippen LogP contribution in [0.15, 0.2) is 120 Å². The van der Waals surface area contributed by atoms with Gasteiger partial charge < -0.3 is 4.74 Å². The maximum Gasteiger partial charge on any atom is 0.266 e. The van der Waals surface area contributed by atoms with E-state index in [0.717, 1.165) is 22.7 Å². The van der Waals surface area contributed by atoms with Crippen LogP contribution < -0.4 is 13.9 Å². The van der Waals surface area contributed by atoms with Gasteiger partial charge in [0, 0.05) is 16.8 Å². The highest BCUT2D eigenvalue weighted by Gasteiger charge is 2.56. The molecule has 6 rings (SSSR count). The molecule has 202 valence electrons. The number of para-hydroxylation sites is 2. The van der Waals surface area contributed by atoms with Crippen molar-refractivity contribution in [3.63, 3.8) is 0 Å². The zero-order chi connectivity index (χ0) is 27.9. The van der Waals surface area contributed by atoms with E-state index in [1.54, 1.807) is 23.5 Å². The molecule has 2 aliphatic rings. The maximum atomic E-state index is 14.3. The average molecular weight is 610 g/mol. The summed E-state index contributed by atoms with van der Waals surface area (Å²) < 4.78 is 7.20. The zero-order valence-electron chi connectivity index (χ0n) is 21.2. The molecular formula is C30H23Cl3N4O2S. The molecule has 0 fully saturated rings. The summed E-state index contributed by atoms with van der Waals surface area (Å²) in [5.41, 5.74) is 2.93. The molecule has 2 aliphatic heterocycles. The minimum absolute atomic E-state index is 0.275. The van der Waals surface area contributed by atoms with Gasteiger partial charge in [-0.2, -0.15) is 0 Å². The lowest BCUT2D eigenvalue weighted by Crippen LogP contribution is -2.53. The lowest BCUT2D eigenvalue weighted by molar-refractivity contribution is 0.0841. The van der Waals surface area contributed by atoms with Gasteiger partial charge in [-0.1, -0.05) is 89.4 Å². The van der Waals surface area contributed by atoms with Crippen molar-refractivity contribution >= 4 is 73.9 Å². The Bertz CT molecular complexity index is 1600. The number of anilines is 2. The molecular weight excluding hydrogens is 587 g/mol. The Labute approximate surface area is 250 Å². The number of hydrogen-bond donors (Lipinski definition) is 0. The van der Waals surface area contributed by atoms with Crippen LogP contribution in [0.5, 0.6) is 5.75 Å². The van der Waals surface area contributed by atoms with Crippen LogP contribution in [0, 0.1) is 0 Å². The van der Waals surface area contributed by atoms with Crippen molar-refractivity contribution in [2.45, 2.75) is 9.96 Å². The van der Waals surface area contributed by atoms with Crippen molar-refractivity contribution in [3.05, 3.63) is 126 Å². The van der Waals surface area contributed by atoms with Gasteiger partial charge in [-0.15, -0.1) is 0 Å². The Kier molecular flexibility index (Phi) is 7.23. The molecule has 0 radical (unpaired) electrons. The molecule has 2 atom stereocenters. The van der Waals surface area contributed by atoms with Gasteiger partial charge in [-0.05, 0) is 60.7 Å². The van der Waals surface area contributed by atoms with Gasteiger partial charge in [-0.25, -0.2) is 9.30 Å². The van der Waals surface area contributed by atoms with Crippen molar-refractivity contribution in [1.82, 2.24) is 4.31 Å². The number of amides is 1. The number of alkyl halides is 3. The van der Waals surface area contributed by atoms with E-state index in [2.05, 4.69) is 0 Å². The molecule has 40 heavy (non-hydrogen) atoms. The predicted octanol–water partition coefficient (Wildman–Crippen LogP) is 7.51. The first-order valence-electron chi connectivity index (χ1n) is 12.4. The van der Waals surface area contributed by atoms with Gasteiger partial charge in [0.2, 0.25) is 8.90 Å². The van der Waals surface area contributed by atoms with Gasteiger partial charge in [0.15, 0.2) is 12.0 Å². The summed E-state index contributed by atoms with van der Waals surface area (Å²) >= 11 is 20.1. The van der Waals surface area contributed by atoms with E-state index in [1.807, 2.05) is 112 Å². The maximum absolute atomic E-state index is 14.3. The number of carbonyl (C=O) groups excluding carboxylic acids is 1. The van der Waals surface area contributed by atoms with Crippen LogP contribution in [0.3, 0.4) is 0 Å². The second-order valence-corrected chi connectivity index (χ2v) is 13.0. The van der Waals surface area contributed by atoms with Crippen LogP contribution >= 0.6 is 45.7 Å². The van der Waals surface area contributed by atoms with E-state index in [1.165, 1.54) is 0 Å². The van der Waals surface area contributed by atoms with Gasteiger partial charge >= 0.3 is 0 Å². The molecule has 4 aromatic carbocycles. The lowest BCUT2D eigenvalue weighted by Gasteiger charge is -2.39. The number of aliphatic imine (C=N–C) groups is 1. The molecule has 0 spiro atoms. The number of halogens is 3. The standard InChI is InChI=1S/C30H23Cl3N4O2S/c1-39-25-19-17-21(18-20-25)26-34-29-35(23-13-7-3-8-14-23)28(30(31,32)33)37(27(38)22-11-5-2-6-12-22)40(29)36(26)24-15-9-4-10-16-24/h2-20,28H,1H3/t28-,40?/m1/s1. The van der Waals surface area contributed by atoms with Crippen molar-refractivity contribution in [1.29, 1.82) is 0 Å². The molecule has 1 unspecified atom stereocenters. The number of methoxy groups -OCH3 is 1. The number of benzene rings is 4. The SMILES string of the molecule is COc1ccc(C2=NC3=S(N2c2ccccc2)N(C(=O)c2ccccc2)[C@H](C(Cl)(Cl)Cl)N3c2ccccc2)cc1. The van der Waals surface area contributed by atoms with Crippen LogP contribution in [-0.4, -0.2) is 38.2 Å². The molecule has 0 aromatic heterocycles. The first-order chi connectivity index (χ1) is 19.4. The molecule has 0 saturated heterocycles. The third kappa shape index (κ3) is 4.73. The third-order valence-electron chi connectivity index (χ3n) is 6.48. The number of rotatable bonds is 5. The Balaban J connectivity index is 1.61. The Hall–Kier alpha value is -3.49. The fourth-order valence-electron chi connectivity index (χ4n) is 4.69. The van der Waals surface area contributed by atoms with E-state index in [0.29, 0.717) is 16.5 Å². The van der Waals surface area contributed by atoms with Crippen LogP contribution in [0.2, 0.25) is 0 Å². The first kappa shape index (κ1) is 26.7. The fourth-order valence-corrected chi connectivity index (χ4v) is 7.85. The number of ether oxygens (including phenoxy) is 1. The summed E-state index contributed by atoms with van der Waals surface area (Å²) in [4.78, 5) is 21.4. The Morgan fingerprint density at radius 1 is 0.800 bits per heavy atom. The second kappa shape index (κ2) is 10.8. The zero-order valence-corrected chi connectivity index (χ0v) is 24.3. The fraction of sp³-hybridized carbons (Fsp3) is 0.100. The molecule has 10 heteroatoms. The van der Waals surface area contributed by atoms with Crippen molar-refractivity contribution in [2.24, 2.45) is 4.99 Å². The number of nitrogens with zero attached hydrogens (tertiary/aromatic N) is 4. The predicted molar refractivity (Wildman–Crippen MR) is 167 cm³/mol. The van der Waals surface area contributed by atoms with Gasteiger partial charge in [0.1, 0.15) is 5.75 Å². The molecule has 0 saturated carbocycles. The van der Waals surface area contributed by atoms with E-state index in [4.69, 9.17) is 44.5 Å². The monoisotopic (exact) mass is 608 g/mol. The first-order valence-corrected chi connectivity index (χ1v) is 14.6. The molecule has 0 N–H and O–H groups in total. The second-order valence-electron chi connectivity index (χ2n) is 8.96. The highest BCUT2D eigenvalue weighted by Crippen LogP contribution is 2.53. The highest BCUT2D eigenvalue weighted by molar-refractivity contribution is 8.17. The van der Waals surface area contributed by atoms with Crippen molar-refractivity contribution < 1.29 is 9.53 Å². The summed E-state index contributed by atoms with van der Waals surface area (Å²) in [7, 11) is 0.528. The minimum atomic E-state index is -1.87. The van der Waals surface area contributed by atoms with Crippen molar-refractivity contribution in [3.8, 4) is 5.75 Å². The van der Waals surface area contributed by atoms with E-state index >= 15 is 0 Å². The number of carbonyl (C=O) groups is 1. The lowest BCUT2D eigenvalue weighted by atomic mass is 10.2. The third-order valence-corrected chi connectivity index (χ3v) is 9.14. The van der Waals surface area contributed by atoms with E-state index in [-0.39, 0.29) is 5.91 Å². The minimum Gasteiger partial charge on any atom is -0.497 e. The molecule has 2 heterocycles. The smallest absolute Gasteiger partial charge is 0.266 e. The summed E-state index contributed by atoms with van der Waals surface area (Å²) in [6.07, 6.45) is -0.974. The summed E-state index contributed by atoms with van der Waals surface area (Å²) in [5.74, 6) is 1.12. The van der Waals surface area contributed by atoms with Crippen LogP contribution in [0.1, 0.15) is 15.9 Å². The van der Waals surface area contributed by atoms with Crippen molar-refractivity contribution in [2.75, 3.05) is 16.3 Å². The van der Waals surface area contributed by atoms with E-state index < -0.39 is 20.8 Å². The number of amidine groups is 1. The van der Waals surface area contributed by atoms with Crippen LogP contribution in [-0.2, 0) is 0 Å². The normalized spacial score (nSPS) is 18.6. The summed E-state index contributed by atoms with van der Waals surface area (Å²) in [5, 5.41) is 0.599. The molecule has 6 nitrogen and oxygen atoms in total. The Morgan fingerprint density at radius 2 is 1.35 bits per heavy atom. The van der Waals surface area contributed by atoms with Crippen LogP contribution in [0.4, 0.5) is 11.4 Å². The molecule has 0 bridgehead atoms. The van der Waals surface area contributed by atoms with E-state index in [9.17, 15) is 4.79 Å². The summed E-state index contributed by atoms with van der Waals surface area (Å²) in [6.45, 7) is 0.